The minimum atomic E-state index is 0.0529. The topological polar surface area (TPSA) is 97.2 Å². The first kappa shape index (κ1) is 13.8. The van der Waals surface area contributed by atoms with Gasteiger partial charge < -0.3 is 5.32 Å². The number of aromatic amines is 1. The standard InChI is InChI=1S/C14H14N8S/c1-8-3-12(21-20-8)18-13-6-16-10-4-17-22(14(10)19-13)9(2)11-5-15-7-23-11/h3-7,9H,1-2H3,(H2,18,19,20,21)/t9-/m0/s1. The number of aromatic nitrogens is 7. The van der Waals surface area contributed by atoms with Crippen LogP contribution in [0, 0.1) is 6.92 Å². The van der Waals surface area contributed by atoms with Gasteiger partial charge in [-0.15, -0.1) is 11.3 Å². The molecule has 0 radical (unpaired) electrons. The van der Waals surface area contributed by atoms with Crippen molar-refractivity contribution in [3.63, 3.8) is 0 Å². The van der Waals surface area contributed by atoms with Gasteiger partial charge in [0.25, 0.3) is 0 Å². The van der Waals surface area contributed by atoms with Gasteiger partial charge in [-0.2, -0.15) is 10.2 Å². The molecule has 0 aromatic carbocycles. The second kappa shape index (κ2) is 5.43. The Hall–Kier alpha value is -2.81. The van der Waals surface area contributed by atoms with E-state index in [1.807, 2.05) is 29.4 Å². The number of anilines is 2. The summed E-state index contributed by atoms with van der Waals surface area (Å²) in [5, 5.41) is 14.6. The number of hydrogen-bond donors (Lipinski definition) is 2. The van der Waals surface area contributed by atoms with Gasteiger partial charge in [0, 0.05) is 22.8 Å². The summed E-state index contributed by atoms with van der Waals surface area (Å²) in [4.78, 5) is 14.3. The first-order chi connectivity index (χ1) is 11.2. The number of rotatable bonds is 4. The number of fused-ring (bicyclic) bond motifs is 1. The maximum absolute atomic E-state index is 4.63. The van der Waals surface area contributed by atoms with Crippen molar-refractivity contribution in [3.05, 3.63) is 40.7 Å². The maximum atomic E-state index is 4.63. The average Bonchev–Trinajstić information content (AvgIpc) is 3.27. The molecule has 4 heterocycles. The molecule has 2 N–H and O–H groups in total. The minimum Gasteiger partial charge on any atom is -0.322 e. The van der Waals surface area contributed by atoms with Crippen LogP contribution in [0.5, 0.6) is 0 Å². The van der Waals surface area contributed by atoms with E-state index in [1.54, 1.807) is 23.7 Å². The van der Waals surface area contributed by atoms with Crippen molar-refractivity contribution in [1.82, 2.24) is 34.9 Å². The molecule has 9 heteroatoms. The molecule has 116 valence electrons. The summed E-state index contributed by atoms with van der Waals surface area (Å²) >= 11 is 1.60. The molecule has 0 saturated heterocycles. The summed E-state index contributed by atoms with van der Waals surface area (Å²) in [6.07, 6.45) is 5.25. The van der Waals surface area contributed by atoms with Crippen LogP contribution < -0.4 is 5.32 Å². The van der Waals surface area contributed by atoms with Crippen molar-refractivity contribution < 1.29 is 0 Å². The van der Waals surface area contributed by atoms with E-state index in [-0.39, 0.29) is 6.04 Å². The van der Waals surface area contributed by atoms with Crippen LogP contribution in [0.4, 0.5) is 11.6 Å². The molecule has 0 aliphatic heterocycles. The van der Waals surface area contributed by atoms with Gasteiger partial charge in [0.15, 0.2) is 17.3 Å². The molecule has 0 spiro atoms. The van der Waals surface area contributed by atoms with Gasteiger partial charge in [-0.1, -0.05) is 0 Å². The third-order valence-corrected chi connectivity index (χ3v) is 4.44. The zero-order valence-corrected chi connectivity index (χ0v) is 13.4. The lowest BCUT2D eigenvalue weighted by atomic mass is 10.3. The number of hydrogen-bond acceptors (Lipinski definition) is 7. The third kappa shape index (κ3) is 2.55. The van der Waals surface area contributed by atoms with Crippen molar-refractivity contribution in [3.8, 4) is 0 Å². The molecule has 4 aromatic rings. The van der Waals surface area contributed by atoms with Crippen LogP contribution in [0.2, 0.25) is 0 Å². The minimum absolute atomic E-state index is 0.0529. The molecule has 8 nitrogen and oxygen atoms in total. The van der Waals surface area contributed by atoms with Crippen LogP contribution in [0.3, 0.4) is 0 Å². The van der Waals surface area contributed by atoms with Crippen molar-refractivity contribution >= 4 is 34.1 Å². The van der Waals surface area contributed by atoms with E-state index >= 15 is 0 Å². The van der Waals surface area contributed by atoms with Gasteiger partial charge >= 0.3 is 0 Å². The number of thiazole rings is 1. The molecule has 0 unspecified atom stereocenters. The van der Waals surface area contributed by atoms with Crippen LogP contribution in [0.15, 0.2) is 30.2 Å². The van der Waals surface area contributed by atoms with Crippen molar-refractivity contribution in [2.75, 3.05) is 5.32 Å². The summed E-state index contributed by atoms with van der Waals surface area (Å²) in [6, 6.07) is 1.96. The maximum Gasteiger partial charge on any atom is 0.179 e. The van der Waals surface area contributed by atoms with Crippen molar-refractivity contribution in [2.45, 2.75) is 19.9 Å². The molecular formula is C14H14N8S. The van der Waals surface area contributed by atoms with Gasteiger partial charge in [-0.3, -0.25) is 10.1 Å². The summed E-state index contributed by atoms with van der Waals surface area (Å²) in [6.45, 7) is 4.01. The third-order valence-electron chi connectivity index (χ3n) is 3.49. The van der Waals surface area contributed by atoms with Crippen LogP contribution in [0.1, 0.15) is 23.5 Å². The van der Waals surface area contributed by atoms with Crippen LogP contribution >= 0.6 is 11.3 Å². The van der Waals surface area contributed by atoms with Crippen LogP contribution in [-0.4, -0.2) is 34.9 Å². The summed E-state index contributed by atoms with van der Waals surface area (Å²) in [5.41, 5.74) is 4.27. The first-order valence-electron chi connectivity index (χ1n) is 7.08. The fraction of sp³-hybridized carbons (Fsp3) is 0.214. The zero-order valence-electron chi connectivity index (χ0n) is 12.6. The zero-order chi connectivity index (χ0) is 15.8. The van der Waals surface area contributed by atoms with Crippen LogP contribution in [-0.2, 0) is 0 Å². The highest BCUT2D eigenvalue weighted by atomic mass is 32.1. The second-order valence-corrected chi connectivity index (χ2v) is 6.11. The van der Waals surface area contributed by atoms with E-state index < -0.39 is 0 Å². The highest BCUT2D eigenvalue weighted by Gasteiger charge is 2.15. The summed E-state index contributed by atoms with van der Waals surface area (Å²) < 4.78 is 1.86. The molecule has 0 aliphatic carbocycles. The number of H-pyrrole nitrogens is 1. The molecule has 0 amide bonds. The van der Waals surface area contributed by atoms with Gasteiger partial charge in [-0.05, 0) is 13.8 Å². The van der Waals surface area contributed by atoms with E-state index in [4.69, 9.17) is 0 Å². The molecule has 0 aliphatic rings. The van der Waals surface area contributed by atoms with E-state index in [0.29, 0.717) is 11.6 Å². The lowest BCUT2D eigenvalue weighted by molar-refractivity contribution is 0.587. The highest BCUT2D eigenvalue weighted by molar-refractivity contribution is 7.09. The lowest BCUT2D eigenvalue weighted by Gasteiger charge is -2.10. The lowest BCUT2D eigenvalue weighted by Crippen LogP contribution is -2.08. The largest absolute Gasteiger partial charge is 0.322 e. The average molecular weight is 326 g/mol. The Bertz CT molecular complexity index is 939. The monoisotopic (exact) mass is 326 g/mol. The van der Waals surface area contributed by atoms with E-state index in [2.05, 4.69) is 42.5 Å². The molecule has 0 bridgehead atoms. The summed E-state index contributed by atoms with van der Waals surface area (Å²) in [7, 11) is 0. The Morgan fingerprint density at radius 1 is 1.26 bits per heavy atom. The van der Waals surface area contributed by atoms with Crippen molar-refractivity contribution in [2.24, 2.45) is 0 Å². The van der Waals surface area contributed by atoms with Crippen LogP contribution in [0.25, 0.3) is 11.2 Å². The van der Waals surface area contributed by atoms with Gasteiger partial charge in [0.2, 0.25) is 0 Å². The number of nitrogens with one attached hydrogen (secondary N) is 2. The molecule has 4 aromatic heterocycles. The Labute approximate surface area is 135 Å². The molecular weight excluding hydrogens is 312 g/mol. The quantitative estimate of drug-likeness (QED) is 0.598. The van der Waals surface area contributed by atoms with Gasteiger partial charge in [-0.25, -0.2) is 14.6 Å². The first-order valence-corrected chi connectivity index (χ1v) is 7.96. The SMILES string of the molecule is Cc1cc(Nc2cnc3cnn([C@@H](C)c4cncs4)c3n2)n[nH]1. The van der Waals surface area contributed by atoms with E-state index in [0.717, 1.165) is 21.7 Å². The van der Waals surface area contributed by atoms with E-state index in [9.17, 15) is 0 Å². The number of aryl methyl sites for hydroxylation is 1. The smallest absolute Gasteiger partial charge is 0.179 e. The van der Waals surface area contributed by atoms with Gasteiger partial charge in [0.05, 0.1) is 23.9 Å². The highest BCUT2D eigenvalue weighted by Crippen LogP contribution is 2.24. The molecule has 1 atom stereocenters. The fourth-order valence-corrected chi connectivity index (χ4v) is 2.99. The summed E-state index contributed by atoms with van der Waals surface area (Å²) in [5.74, 6) is 1.33. The second-order valence-electron chi connectivity index (χ2n) is 5.19. The van der Waals surface area contributed by atoms with Gasteiger partial charge in [0.1, 0.15) is 5.52 Å². The normalized spacial score (nSPS) is 12.6. The molecule has 0 fully saturated rings. The fourth-order valence-electron chi connectivity index (χ4n) is 2.33. The predicted molar refractivity (Wildman–Crippen MR) is 87.9 cm³/mol. The molecule has 0 saturated carbocycles. The molecule has 4 rings (SSSR count). The Kier molecular flexibility index (Phi) is 3.27. The Morgan fingerprint density at radius 2 is 2.17 bits per heavy atom. The number of nitrogens with zero attached hydrogens (tertiary/aromatic N) is 6. The molecule has 23 heavy (non-hydrogen) atoms. The Morgan fingerprint density at radius 3 is 2.91 bits per heavy atom. The Balaban J connectivity index is 1.71. The van der Waals surface area contributed by atoms with E-state index in [1.165, 1.54) is 0 Å². The van der Waals surface area contributed by atoms with Crippen molar-refractivity contribution in [1.29, 1.82) is 0 Å². The predicted octanol–water partition coefficient (Wildman–Crippen LogP) is 2.67.